The molecule has 3 N–H and O–H groups in total. The Hall–Kier alpha value is -2.62. The number of carbonyl (C=O) groups excluding carboxylic acids is 1. The maximum absolute atomic E-state index is 11.9. The summed E-state index contributed by atoms with van der Waals surface area (Å²) >= 11 is 1.14. The second-order valence-corrected chi connectivity index (χ2v) is 5.95. The molecule has 1 aromatic carbocycles. The van der Waals surface area contributed by atoms with Crippen molar-refractivity contribution in [2.45, 2.75) is 24.9 Å². The Morgan fingerprint density at radius 1 is 1.48 bits per heavy atom. The summed E-state index contributed by atoms with van der Waals surface area (Å²) in [5, 5.41) is 21.6. The number of nitrogens with one attached hydrogen (secondary N) is 1. The number of rotatable bonds is 6. The molecule has 0 radical (unpaired) electrons. The fourth-order valence-electron chi connectivity index (χ4n) is 1.80. The first-order valence-corrected chi connectivity index (χ1v) is 7.74. The Labute approximate surface area is 136 Å². The van der Waals surface area contributed by atoms with Gasteiger partial charge < -0.3 is 11.2 Å². The number of amides is 1. The summed E-state index contributed by atoms with van der Waals surface area (Å²) in [6.07, 6.45) is 0. The number of non-ortho nitro benzene ring substituents is 1. The number of thioether (sulfide) groups is 1. The van der Waals surface area contributed by atoms with E-state index in [1.807, 2.05) is 13.8 Å². The number of aromatic nitrogens is 3. The van der Waals surface area contributed by atoms with E-state index in [1.165, 1.54) is 22.9 Å². The molecule has 0 saturated carbocycles. The van der Waals surface area contributed by atoms with Gasteiger partial charge in [-0.15, -0.1) is 10.2 Å². The van der Waals surface area contributed by atoms with Gasteiger partial charge in [0, 0.05) is 23.7 Å². The minimum atomic E-state index is -0.519. The molecule has 1 amide bonds. The van der Waals surface area contributed by atoms with Gasteiger partial charge in [0.05, 0.1) is 10.7 Å². The van der Waals surface area contributed by atoms with E-state index in [2.05, 4.69) is 15.5 Å². The van der Waals surface area contributed by atoms with Crippen LogP contribution in [0.1, 0.15) is 25.6 Å². The SMILES string of the molecule is CC(C)c1nnc(SCC(=O)Nc2cccc([N+](=O)[O-])c2)n1N. The molecule has 10 heteroatoms. The average molecular weight is 336 g/mol. The van der Waals surface area contributed by atoms with Gasteiger partial charge in [-0.25, -0.2) is 4.68 Å². The summed E-state index contributed by atoms with van der Waals surface area (Å²) in [6, 6.07) is 5.74. The molecule has 9 nitrogen and oxygen atoms in total. The van der Waals surface area contributed by atoms with Crippen molar-refractivity contribution >= 4 is 29.0 Å². The molecule has 0 unspecified atom stereocenters. The summed E-state index contributed by atoms with van der Waals surface area (Å²) in [6.45, 7) is 3.88. The molecular weight excluding hydrogens is 320 g/mol. The summed E-state index contributed by atoms with van der Waals surface area (Å²) in [4.78, 5) is 22.1. The van der Waals surface area contributed by atoms with Crippen LogP contribution in [-0.4, -0.2) is 31.5 Å². The Morgan fingerprint density at radius 2 is 2.22 bits per heavy atom. The lowest BCUT2D eigenvalue weighted by Gasteiger charge is -2.06. The van der Waals surface area contributed by atoms with E-state index >= 15 is 0 Å². The first kappa shape index (κ1) is 16.7. The number of carbonyl (C=O) groups is 1. The van der Waals surface area contributed by atoms with Gasteiger partial charge in [0.25, 0.3) is 5.69 Å². The zero-order valence-electron chi connectivity index (χ0n) is 12.6. The number of hydrogen-bond donors (Lipinski definition) is 2. The fourth-order valence-corrected chi connectivity index (χ4v) is 2.47. The van der Waals surface area contributed by atoms with Crippen LogP contribution in [0.4, 0.5) is 11.4 Å². The van der Waals surface area contributed by atoms with Crippen molar-refractivity contribution in [3.63, 3.8) is 0 Å². The molecule has 0 aliphatic heterocycles. The quantitative estimate of drug-likeness (QED) is 0.356. The van der Waals surface area contributed by atoms with E-state index in [9.17, 15) is 14.9 Å². The third-order valence-electron chi connectivity index (χ3n) is 2.88. The van der Waals surface area contributed by atoms with Crippen molar-refractivity contribution in [1.82, 2.24) is 14.9 Å². The minimum Gasteiger partial charge on any atom is -0.336 e. The molecule has 0 spiro atoms. The van der Waals surface area contributed by atoms with Crippen LogP contribution < -0.4 is 11.2 Å². The monoisotopic (exact) mass is 336 g/mol. The number of nitro benzene ring substituents is 1. The Bertz CT molecular complexity index is 730. The summed E-state index contributed by atoms with van der Waals surface area (Å²) in [7, 11) is 0. The predicted molar refractivity (Wildman–Crippen MR) is 86.7 cm³/mol. The maximum atomic E-state index is 11.9. The smallest absolute Gasteiger partial charge is 0.271 e. The van der Waals surface area contributed by atoms with Crippen LogP contribution in [0.15, 0.2) is 29.4 Å². The highest BCUT2D eigenvalue weighted by Gasteiger charge is 2.15. The molecule has 23 heavy (non-hydrogen) atoms. The van der Waals surface area contributed by atoms with Gasteiger partial charge in [-0.1, -0.05) is 31.7 Å². The molecule has 122 valence electrons. The molecule has 0 saturated heterocycles. The maximum Gasteiger partial charge on any atom is 0.271 e. The van der Waals surface area contributed by atoms with Gasteiger partial charge in [0.15, 0.2) is 5.82 Å². The van der Waals surface area contributed by atoms with Gasteiger partial charge in [0.2, 0.25) is 11.1 Å². The lowest BCUT2D eigenvalue weighted by atomic mass is 10.2. The highest BCUT2D eigenvalue weighted by molar-refractivity contribution is 7.99. The third-order valence-corrected chi connectivity index (χ3v) is 3.82. The van der Waals surface area contributed by atoms with E-state index in [0.29, 0.717) is 16.7 Å². The predicted octanol–water partition coefficient (Wildman–Crippen LogP) is 1.75. The highest BCUT2D eigenvalue weighted by atomic mass is 32.2. The molecule has 2 aromatic rings. The van der Waals surface area contributed by atoms with Crippen LogP contribution in [0, 0.1) is 10.1 Å². The van der Waals surface area contributed by atoms with Gasteiger partial charge in [-0.05, 0) is 6.07 Å². The van der Waals surface area contributed by atoms with E-state index < -0.39 is 4.92 Å². The third kappa shape index (κ3) is 4.19. The van der Waals surface area contributed by atoms with Gasteiger partial charge in [-0.2, -0.15) is 0 Å². The number of nitro groups is 1. The van der Waals surface area contributed by atoms with Crippen LogP contribution >= 0.6 is 11.8 Å². The van der Waals surface area contributed by atoms with E-state index in [-0.39, 0.29) is 23.3 Å². The topological polar surface area (TPSA) is 129 Å². The van der Waals surface area contributed by atoms with Gasteiger partial charge in [-0.3, -0.25) is 14.9 Å². The number of benzene rings is 1. The van der Waals surface area contributed by atoms with Gasteiger partial charge >= 0.3 is 0 Å². The Balaban J connectivity index is 1.95. The molecule has 0 atom stereocenters. The molecule has 0 aliphatic carbocycles. The second kappa shape index (κ2) is 7.09. The second-order valence-electron chi connectivity index (χ2n) is 5.01. The van der Waals surface area contributed by atoms with E-state index in [4.69, 9.17) is 5.84 Å². The number of nitrogen functional groups attached to an aromatic ring is 1. The number of nitrogens with zero attached hydrogens (tertiary/aromatic N) is 4. The fraction of sp³-hybridized carbons (Fsp3) is 0.308. The first-order valence-electron chi connectivity index (χ1n) is 6.76. The number of anilines is 1. The largest absolute Gasteiger partial charge is 0.336 e. The van der Waals surface area contributed by atoms with E-state index in [1.54, 1.807) is 6.07 Å². The minimum absolute atomic E-state index is 0.0656. The molecular formula is C13H16N6O3S. The van der Waals surface area contributed by atoms with E-state index in [0.717, 1.165) is 11.8 Å². The van der Waals surface area contributed by atoms with Crippen LogP contribution in [0.2, 0.25) is 0 Å². The van der Waals surface area contributed by atoms with Crippen LogP contribution in [-0.2, 0) is 4.79 Å². The number of nitrogens with two attached hydrogens (primary N) is 1. The standard InChI is InChI=1S/C13H16N6O3S/c1-8(2)12-16-17-13(18(12)14)23-7-11(20)15-9-4-3-5-10(6-9)19(21)22/h3-6,8H,7,14H2,1-2H3,(H,15,20). The Kier molecular flexibility index (Phi) is 5.16. The highest BCUT2D eigenvalue weighted by Crippen LogP contribution is 2.20. The van der Waals surface area contributed by atoms with Crippen molar-refractivity contribution in [2.75, 3.05) is 16.9 Å². The van der Waals surface area contributed by atoms with Crippen molar-refractivity contribution in [1.29, 1.82) is 0 Å². The molecule has 1 heterocycles. The zero-order valence-corrected chi connectivity index (χ0v) is 13.4. The molecule has 2 rings (SSSR count). The summed E-state index contributed by atoms with van der Waals surface area (Å²) in [5.74, 6) is 6.37. The van der Waals surface area contributed by atoms with Crippen molar-refractivity contribution in [2.24, 2.45) is 0 Å². The zero-order chi connectivity index (χ0) is 17.0. The van der Waals surface area contributed by atoms with Crippen LogP contribution in [0.3, 0.4) is 0 Å². The van der Waals surface area contributed by atoms with Crippen molar-refractivity contribution in [3.8, 4) is 0 Å². The first-order chi connectivity index (χ1) is 10.9. The summed E-state index contributed by atoms with van der Waals surface area (Å²) < 4.78 is 1.36. The summed E-state index contributed by atoms with van der Waals surface area (Å²) in [5.41, 5.74) is 0.278. The van der Waals surface area contributed by atoms with Crippen molar-refractivity contribution in [3.05, 3.63) is 40.2 Å². The lowest BCUT2D eigenvalue weighted by Crippen LogP contribution is -2.17. The Morgan fingerprint density at radius 3 is 2.83 bits per heavy atom. The molecule has 1 aromatic heterocycles. The number of hydrogen-bond acceptors (Lipinski definition) is 7. The van der Waals surface area contributed by atoms with Crippen LogP contribution in [0.5, 0.6) is 0 Å². The lowest BCUT2D eigenvalue weighted by molar-refractivity contribution is -0.384. The normalized spacial score (nSPS) is 10.7. The molecule has 0 aliphatic rings. The molecule has 0 fully saturated rings. The molecule has 0 bridgehead atoms. The van der Waals surface area contributed by atoms with Gasteiger partial charge in [0.1, 0.15) is 0 Å². The average Bonchev–Trinajstić information content (AvgIpc) is 2.86. The van der Waals surface area contributed by atoms with Crippen LogP contribution in [0.25, 0.3) is 0 Å². The van der Waals surface area contributed by atoms with Crippen molar-refractivity contribution < 1.29 is 9.72 Å².